The predicted octanol–water partition coefficient (Wildman–Crippen LogP) is 0.578. The second kappa shape index (κ2) is 12.3. The largest absolute Gasteiger partial charge is 0.396 e. The fourth-order valence-corrected chi connectivity index (χ4v) is 0.659. The van der Waals surface area contributed by atoms with Crippen molar-refractivity contribution in [3.63, 3.8) is 0 Å². The van der Waals surface area contributed by atoms with Crippen LogP contribution in [-0.2, 0) is 14.2 Å². The van der Waals surface area contributed by atoms with Gasteiger partial charge in [-0.05, 0) is 12.8 Å². The molecule has 0 aromatic rings. The van der Waals surface area contributed by atoms with E-state index in [9.17, 15) is 0 Å². The predicted molar refractivity (Wildman–Crippen MR) is 65.1 cm³/mol. The molecule has 17 heavy (non-hydrogen) atoms. The van der Waals surface area contributed by atoms with Gasteiger partial charge in [-0.2, -0.15) is 0 Å². The van der Waals surface area contributed by atoms with Crippen LogP contribution in [0.3, 0.4) is 0 Å². The van der Waals surface area contributed by atoms with Crippen LogP contribution in [-0.4, -0.2) is 62.1 Å². The topological polar surface area (TPSA) is 74.8 Å². The number of hydrogen-bond acceptors (Lipinski definition) is 5. The first-order valence-electron chi connectivity index (χ1n) is 6.31. The standard InChI is InChI=1S/C6H10O3.2C3H8O/c1(5-3-8-5)7-2-6-4-9-6;2*1-2-3-4/h5-6H,1-4H2;2*4H,2-3H2,1H3. The lowest BCUT2D eigenvalue weighted by molar-refractivity contribution is 0.102. The maximum Gasteiger partial charge on any atom is 0.104 e. The van der Waals surface area contributed by atoms with E-state index in [0.717, 1.165) is 39.3 Å². The minimum Gasteiger partial charge on any atom is -0.396 e. The molecule has 2 aliphatic heterocycles. The third kappa shape index (κ3) is 15.8. The summed E-state index contributed by atoms with van der Waals surface area (Å²) in [6.07, 6.45) is 2.53. The lowest BCUT2D eigenvalue weighted by Crippen LogP contribution is -2.06. The molecule has 2 aliphatic rings. The molecule has 104 valence electrons. The van der Waals surface area contributed by atoms with Crippen LogP contribution < -0.4 is 0 Å². The molecule has 5 nitrogen and oxygen atoms in total. The first-order chi connectivity index (χ1) is 8.28. The van der Waals surface area contributed by atoms with Gasteiger partial charge >= 0.3 is 0 Å². The van der Waals surface area contributed by atoms with Gasteiger partial charge in [0, 0.05) is 13.2 Å². The normalized spacial score (nSPS) is 24.0. The van der Waals surface area contributed by atoms with Crippen LogP contribution >= 0.6 is 0 Å². The van der Waals surface area contributed by atoms with Gasteiger partial charge in [0.2, 0.25) is 0 Å². The number of ether oxygens (including phenoxy) is 3. The van der Waals surface area contributed by atoms with E-state index in [2.05, 4.69) is 0 Å². The highest BCUT2D eigenvalue weighted by molar-refractivity contribution is 4.71. The minimum atomic E-state index is 0.319. The molecule has 0 radical (unpaired) electrons. The van der Waals surface area contributed by atoms with Crippen LogP contribution in [0.2, 0.25) is 0 Å². The Morgan fingerprint density at radius 3 is 1.41 bits per heavy atom. The molecule has 2 rings (SSSR count). The fraction of sp³-hybridized carbons (Fsp3) is 1.00. The number of hydrogen-bond donors (Lipinski definition) is 2. The van der Waals surface area contributed by atoms with E-state index in [1.165, 1.54) is 0 Å². The highest BCUT2D eigenvalue weighted by atomic mass is 16.6. The highest BCUT2D eigenvalue weighted by Crippen LogP contribution is 2.12. The first-order valence-corrected chi connectivity index (χ1v) is 6.31. The number of rotatable bonds is 6. The van der Waals surface area contributed by atoms with Crippen molar-refractivity contribution in [2.75, 3.05) is 39.6 Å². The van der Waals surface area contributed by atoms with Gasteiger partial charge in [-0.1, -0.05) is 13.8 Å². The van der Waals surface area contributed by atoms with Crippen molar-refractivity contribution < 1.29 is 24.4 Å². The molecular weight excluding hydrogens is 224 g/mol. The van der Waals surface area contributed by atoms with Gasteiger partial charge in [-0.15, -0.1) is 0 Å². The Kier molecular flexibility index (Phi) is 12.1. The summed E-state index contributed by atoms with van der Waals surface area (Å²) >= 11 is 0. The Bertz CT molecular complexity index is 126. The van der Waals surface area contributed by atoms with E-state index in [1.807, 2.05) is 13.8 Å². The maximum atomic E-state index is 7.88. The Hall–Kier alpha value is -0.200. The first kappa shape index (κ1) is 16.8. The summed E-state index contributed by atoms with van der Waals surface area (Å²) < 4.78 is 15.1. The number of epoxide rings is 2. The quantitative estimate of drug-likeness (QED) is 0.674. The summed E-state index contributed by atoms with van der Waals surface area (Å²) in [4.78, 5) is 0. The molecule has 0 saturated carbocycles. The molecular formula is C12H26O5. The minimum absolute atomic E-state index is 0.319. The Morgan fingerprint density at radius 2 is 1.24 bits per heavy atom. The molecule has 2 fully saturated rings. The summed E-state index contributed by atoms with van der Waals surface area (Å²) in [5.74, 6) is 0. The third-order valence-electron chi connectivity index (χ3n) is 1.86. The van der Waals surface area contributed by atoms with Crippen molar-refractivity contribution in [2.24, 2.45) is 0 Å². The second-order valence-electron chi connectivity index (χ2n) is 3.90. The molecule has 0 aromatic heterocycles. The van der Waals surface area contributed by atoms with Crippen LogP contribution in [0, 0.1) is 0 Å². The Labute approximate surface area is 104 Å². The van der Waals surface area contributed by atoms with Gasteiger partial charge in [0.15, 0.2) is 0 Å². The molecule has 5 heteroatoms. The average molecular weight is 250 g/mol. The smallest absolute Gasteiger partial charge is 0.104 e. The Morgan fingerprint density at radius 1 is 0.941 bits per heavy atom. The van der Waals surface area contributed by atoms with E-state index in [-0.39, 0.29) is 0 Å². The van der Waals surface area contributed by atoms with Crippen LogP contribution in [0.25, 0.3) is 0 Å². The SMILES string of the molecule is C(OCC1CO1)C1CO1.CCCO.CCCO. The van der Waals surface area contributed by atoms with Gasteiger partial charge in [0.25, 0.3) is 0 Å². The summed E-state index contributed by atoms with van der Waals surface area (Å²) in [6, 6.07) is 0. The third-order valence-corrected chi connectivity index (χ3v) is 1.86. The summed E-state index contributed by atoms with van der Waals surface area (Å²) in [6.45, 7) is 7.76. The van der Waals surface area contributed by atoms with Crippen LogP contribution in [0.1, 0.15) is 26.7 Å². The van der Waals surface area contributed by atoms with Crippen molar-refractivity contribution in [1.29, 1.82) is 0 Å². The van der Waals surface area contributed by atoms with E-state index in [4.69, 9.17) is 24.4 Å². The average Bonchev–Trinajstić information content (AvgIpc) is 3.24. The molecule has 2 N–H and O–H groups in total. The molecule has 0 amide bonds. The van der Waals surface area contributed by atoms with Crippen molar-refractivity contribution >= 4 is 0 Å². The number of aliphatic hydroxyl groups is 2. The Balaban J connectivity index is 0.000000274. The van der Waals surface area contributed by atoms with Crippen LogP contribution in [0.5, 0.6) is 0 Å². The lowest BCUT2D eigenvalue weighted by Gasteiger charge is -1.95. The maximum absolute atomic E-state index is 7.88. The van der Waals surface area contributed by atoms with Gasteiger partial charge in [0.1, 0.15) is 12.2 Å². The molecule has 2 atom stereocenters. The zero-order chi connectivity index (χ0) is 12.9. The summed E-state index contributed by atoms with van der Waals surface area (Å²) in [5.41, 5.74) is 0. The van der Waals surface area contributed by atoms with Gasteiger partial charge in [-0.25, -0.2) is 0 Å². The molecule has 0 bridgehead atoms. The van der Waals surface area contributed by atoms with E-state index >= 15 is 0 Å². The number of aliphatic hydroxyl groups excluding tert-OH is 2. The van der Waals surface area contributed by atoms with Crippen LogP contribution in [0.4, 0.5) is 0 Å². The van der Waals surface area contributed by atoms with E-state index in [1.54, 1.807) is 0 Å². The lowest BCUT2D eigenvalue weighted by atomic mass is 10.5. The van der Waals surface area contributed by atoms with Gasteiger partial charge in [0.05, 0.1) is 26.4 Å². The molecule has 2 heterocycles. The van der Waals surface area contributed by atoms with Crippen molar-refractivity contribution in [2.45, 2.75) is 38.9 Å². The highest BCUT2D eigenvalue weighted by Gasteiger charge is 2.26. The second-order valence-corrected chi connectivity index (χ2v) is 3.90. The zero-order valence-electron chi connectivity index (χ0n) is 10.9. The van der Waals surface area contributed by atoms with Crippen LogP contribution in [0.15, 0.2) is 0 Å². The molecule has 2 saturated heterocycles. The van der Waals surface area contributed by atoms with E-state index in [0.29, 0.717) is 25.4 Å². The van der Waals surface area contributed by atoms with Crippen molar-refractivity contribution in [3.05, 3.63) is 0 Å². The van der Waals surface area contributed by atoms with E-state index < -0.39 is 0 Å². The van der Waals surface area contributed by atoms with Crippen molar-refractivity contribution in [3.8, 4) is 0 Å². The molecule has 0 aromatic carbocycles. The monoisotopic (exact) mass is 250 g/mol. The molecule has 0 aliphatic carbocycles. The summed E-state index contributed by atoms with van der Waals surface area (Å²) in [5, 5.41) is 15.8. The molecule has 2 unspecified atom stereocenters. The summed E-state index contributed by atoms with van der Waals surface area (Å²) in [7, 11) is 0. The zero-order valence-corrected chi connectivity index (χ0v) is 10.9. The van der Waals surface area contributed by atoms with Gasteiger partial charge < -0.3 is 24.4 Å². The van der Waals surface area contributed by atoms with Crippen molar-refractivity contribution in [1.82, 2.24) is 0 Å². The fourth-order valence-electron chi connectivity index (χ4n) is 0.659. The van der Waals surface area contributed by atoms with Gasteiger partial charge in [-0.3, -0.25) is 0 Å². The molecule has 0 spiro atoms.